The topological polar surface area (TPSA) is 43.7 Å². The van der Waals surface area contributed by atoms with Gasteiger partial charge in [-0.2, -0.15) is 0 Å². The number of hydrogen-bond donors (Lipinski definition) is 2. The van der Waals surface area contributed by atoms with E-state index in [0.29, 0.717) is 22.3 Å². The minimum Gasteiger partial charge on any atom is -0.507 e. The van der Waals surface area contributed by atoms with Crippen LogP contribution in [0.3, 0.4) is 0 Å². The Kier molecular flexibility index (Phi) is 6.10. The normalized spacial score (nSPS) is 12.6. The van der Waals surface area contributed by atoms with Crippen LogP contribution >= 0.6 is 0 Å². The van der Waals surface area contributed by atoms with Crippen LogP contribution in [0.15, 0.2) is 24.3 Å². The average Bonchev–Trinajstić information content (AvgIpc) is 2.51. The third kappa shape index (κ3) is 5.02. The average molecular weight is 392 g/mol. The second-order valence-electron chi connectivity index (χ2n) is 9.59. The maximum Gasteiger partial charge on any atom is 0.124 e. The second kappa shape index (κ2) is 7.70. The van der Waals surface area contributed by atoms with Crippen molar-refractivity contribution in [2.24, 2.45) is 0 Å². The number of aromatic hydroxyl groups is 2. The molecule has 2 N–H and O–H groups in total. The van der Waals surface area contributed by atoms with Gasteiger partial charge >= 0.3 is 0 Å². The lowest BCUT2D eigenvalue weighted by Crippen LogP contribution is -2.20. The molecule has 2 aromatic carbocycles. The molecule has 2 rings (SSSR count). The van der Waals surface area contributed by atoms with Gasteiger partial charge in [0.1, 0.15) is 23.1 Å². The second-order valence-corrected chi connectivity index (χ2v) is 9.59. The van der Waals surface area contributed by atoms with E-state index in [1.54, 1.807) is 7.05 Å². The van der Waals surface area contributed by atoms with Crippen LogP contribution in [0, 0.1) is 11.6 Å². The van der Waals surface area contributed by atoms with E-state index >= 15 is 0 Å². The number of rotatable bonds is 4. The minimum absolute atomic E-state index is 0.0691. The lowest BCUT2D eigenvalue weighted by Gasteiger charge is -2.25. The fraction of sp³-hybridized carbons (Fsp3) is 0.478. The van der Waals surface area contributed by atoms with Gasteiger partial charge in [-0.1, -0.05) is 41.5 Å². The molecular formula is C23H31F2NO2. The minimum atomic E-state index is -0.408. The standard InChI is InChI=1S/C23H31F2NO2/c1-22(2,3)18-10-16(24)8-14(20(18)27)12-26(7)13-15-9-17(25)11-19(21(15)28)23(4,5)6/h8-11,27-28H,12-13H2,1-7H3. The Morgan fingerprint density at radius 3 is 1.32 bits per heavy atom. The molecule has 0 saturated heterocycles. The highest BCUT2D eigenvalue weighted by Gasteiger charge is 2.24. The molecule has 0 unspecified atom stereocenters. The lowest BCUT2D eigenvalue weighted by atomic mass is 9.84. The highest BCUT2D eigenvalue weighted by atomic mass is 19.1. The van der Waals surface area contributed by atoms with Crippen molar-refractivity contribution < 1.29 is 19.0 Å². The quantitative estimate of drug-likeness (QED) is 0.713. The van der Waals surface area contributed by atoms with E-state index in [1.165, 1.54) is 24.3 Å². The van der Waals surface area contributed by atoms with Crippen molar-refractivity contribution in [2.45, 2.75) is 65.5 Å². The number of phenols is 2. The van der Waals surface area contributed by atoms with Gasteiger partial charge in [-0.3, -0.25) is 4.90 Å². The predicted octanol–water partition coefficient (Wildman–Crippen LogP) is 5.60. The van der Waals surface area contributed by atoms with Crippen LogP contribution in [-0.4, -0.2) is 22.2 Å². The number of nitrogens with zero attached hydrogens (tertiary/aromatic N) is 1. The fourth-order valence-corrected chi connectivity index (χ4v) is 3.33. The summed E-state index contributed by atoms with van der Waals surface area (Å²) in [4.78, 5) is 1.81. The van der Waals surface area contributed by atoms with Crippen molar-refractivity contribution in [2.75, 3.05) is 7.05 Å². The fourth-order valence-electron chi connectivity index (χ4n) is 3.33. The summed E-state index contributed by atoms with van der Waals surface area (Å²) in [6.07, 6.45) is 0. The van der Waals surface area contributed by atoms with Crippen LogP contribution in [0.2, 0.25) is 0 Å². The van der Waals surface area contributed by atoms with Crippen LogP contribution in [-0.2, 0) is 23.9 Å². The van der Waals surface area contributed by atoms with Gasteiger partial charge in [0.05, 0.1) is 0 Å². The Hall–Kier alpha value is -2.14. The summed E-state index contributed by atoms with van der Waals surface area (Å²) in [6, 6.07) is 5.33. The van der Waals surface area contributed by atoms with E-state index in [2.05, 4.69) is 0 Å². The first-order valence-electron chi connectivity index (χ1n) is 9.42. The first-order chi connectivity index (χ1) is 12.7. The number of phenolic OH excluding ortho intramolecular Hbond substituents is 2. The largest absolute Gasteiger partial charge is 0.507 e. The number of benzene rings is 2. The van der Waals surface area contributed by atoms with E-state index in [0.717, 1.165) is 0 Å². The van der Waals surface area contributed by atoms with Crippen LogP contribution < -0.4 is 0 Å². The first kappa shape index (κ1) is 22.2. The molecule has 2 aromatic rings. The highest BCUT2D eigenvalue weighted by Crippen LogP contribution is 2.36. The maximum absolute atomic E-state index is 14.1. The van der Waals surface area contributed by atoms with E-state index in [1.807, 2.05) is 46.4 Å². The van der Waals surface area contributed by atoms with Gasteiger partial charge in [0.25, 0.3) is 0 Å². The summed E-state index contributed by atoms with van der Waals surface area (Å²) in [7, 11) is 1.78. The SMILES string of the molecule is CN(Cc1cc(F)cc(C(C)(C)C)c1O)Cc1cc(F)cc(C(C)(C)C)c1O. The molecule has 0 atom stereocenters. The highest BCUT2D eigenvalue weighted by molar-refractivity contribution is 5.46. The van der Waals surface area contributed by atoms with E-state index in [9.17, 15) is 19.0 Å². The Morgan fingerprint density at radius 2 is 1.04 bits per heavy atom. The molecule has 0 amide bonds. The van der Waals surface area contributed by atoms with Crippen LogP contribution in [0.1, 0.15) is 63.8 Å². The summed E-state index contributed by atoms with van der Waals surface area (Å²) in [5.74, 6) is -0.677. The molecule has 154 valence electrons. The smallest absolute Gasteiger partial charge is 0.124 e. The van der Waals surface area contributed by atoms with Crippen molar-refractivity contribution in [3.8, 4) is 11.5 Å². The molecule has 3 nitrogen and oxygen atoms in total. The maximum atomic E-state index is 14.1. The van der Waals surface area contributed by atoms with Crippen molar-refractivity contribution in [1.82, 2.24) is 4.90 Å². The molecule has 5 heteroatoms. The Bertz CT molecular complexity index is 793. The zero-order chi connectivity index (χ0) is 21.4. The molecule has 0 aliphatic carbocycles. The molecule has 0 aliphatic rings. The van der Waals surface area contributed by atoms with Gasteiger partial charge < -0.3 is 10.2 Å². The molecular weight excluding hydrogens is 360 g/mol. The van der Waals surface area contributed by atoms with Crippen molar-refractivity contribution in [1.29, 1.82) is 0 Å². The summed E-state index contributed by atoms with van der Waals surface area (Å²) >= 11 is 0. The molecule has 0 aromatic heterocycles. The molecule has 0 fully saturated rings. The number of hydrogen-bond acceptors (Lipinski definition) is 3. The van der Waals surface area contributed by atoms with Crippen molar-refractivity contribution in [3.63, 3.8) is 0 Å². The van der Waals surface area contributed by atoms with Gasteiger partial charge in [0.2, 0.25) is 0 Å². The van der Waals surface area contributed by atoms with E-state index < -0.39 is 22.5 Å². The monoisotopic (exact) mass is 391 g/mol. The molecule has 28 heavy (non-hydrogen) atoms. The van der Waals surface area contributed by atoms with Gasteiger partial charge in [0.15, 0.2) is 0 Å². The van der Waals surface area contributed by atoms with Crippen LogP contribution in [0.25, 0.3) is 0 Å². The zero-order valence-electron chi connectivity index (χ0n) is 17.8. The Labute approximate surface area is 166 Å². The molecule has 0 heterocycles. The van der Waals surface area contributed by atoms with Crippen LogP contribution in [0.4, 0.5) is 8.78 Å². The molecule has 0 bridgehead atoms. The van der Waals surface area contributed by atoms with Gasteiger partial charge in [0, 0.05) is 35.3 Å². The predicted molar refractivity (Wildman–Crippen MR) is 109 cm³/mol. The zero-order valence-corrected chi connectivity index (χ0v) is 17.8. The van der Waals surface area contributed by atoms with Gasteiger partial charge in [-0.05, 0) is 42.1 Å². The Balaban J connectivity index is 2.33. The first-order valence-corrected chi connectivity index (χ1v) is 9.42. The molecule has 0 aliphatic heterocycles. The van der Waals surface area contributed by atoms with Crippen molar-refractivity contribution >= 4 is 0 Å². The van der Waals surface area contributed by atoms with Crippen molar-refractivity contribution in [3.05, 3.63) is 58.2 Å². The van der Waals surface area contributed by atoms with E-state index in [-0.39, 0.29) is 24.6 Å². The van der Waals surface area contributed by atoms with Crippen LogP contribution in [0.5, 0.6) is 11.5 Å². The Morgan fingerprint density at radius 1 is 0.714 bits per heavy atom. The van der Waals surface area contributed by atoms with Gasteiger partial charge in [-0.15, -0.1) is 0 Å². The lowest BCUT2D eigenvalue weighted by molar-refractivity contribution is 0.303. The summed E-state index contributed by atoms with van der Waals surface area (Å²) in [6.45, 7) is 12.0. The summed E-state index contributed by atoms with van der Waals surface area (Å²) in [5, 5.41) is 21.2. The van der Waals surface area contributed by atoms with E-state index in [4.69, 9.17) is 0 Å². The third-order valence-corrected chi connectivity index (χ3v) is 4.80. The van der Waals surface area contributed by atoms with Gasteiger partial charge in [-0.25, -0.2) is 8.78 Å². The third-order valence-electron chi connectivity index (χ3n) is 4.80. The summed E-state index contributed by atoms with van der Waals surface area (Å²) < 4.78 is 28.2. The number of halogens is 2. The molecule has 0 radical (unpaired) electrons. The molecule has 0 spiro atoms. The summed E-state index contributed by atoms with van der Waals surface area (Å²) in [5.41, 5.74) is 1.20. The molecule has 0 saturated carbocycles.